The van der Waals surface area contributed by atoms with Crippen LogP contribution in [0.5, 0.6) is 5.75 Å². The Morgan fingerprint density at radius 1 is 1.25 bits per heavy atom. The third-order valence-corrected chi connectivity index (χ3v) is 2.74. The van der Waals surface area contributed by atoms with E-state index in [4.69, 9.17) is 9.84 Å². The van der Waals surface area contributed by atoms with E-state index in [2.05, 4.69) is 13.8 Å². The molecule has 1 unspecified atom stereocenters. The number of para-hydroxylation sites is 1. The fraction of sp³-hybridized carbons (Fsp3) is 0.462. The van der Waals surface area contributed by atoms with Crippen molar-refractivity contribution in [1.82, 2.24) is 0 Å². The number of hydrogen-bond donors (Lipinski definition) is 1. The second-order valence-corrected chi connectivity index (χ2v) is 4.18. The molecule has 0 aliphatic rings. The first-order valence-electron chi connectivity index (χ1n) is 5.38. The number of carboxylic acids is 1. The Morgan fingerprint density at radius 2 is 1.81 bits per heavy atom. The maximum atomic E-state index is 11.0. The van der Waals surface area contributed by atoms with Gasteiger partial charge in [0, 0.05) is 5.56 Å². The van der Waals surface area contributed by atoms with Gasteiger partial charge in [-0.15, -0.1) is 0 Å². The number of carboxylic acid groups (broad SMARTS) is 1. The van der Waals surface area contributed by atoms with Crippen LogP contribution in [0.4, 0.5) is 0 Å². The van der Waals surface area contributed by atoms with Crippen molar-refractivity contribution in [3.8, 4) is 5.75 Å². The van der Waals surface area contributed by atoms with Crippen LogP contribution in [-0.2, 0) is 4.79 Å². The van der Waals surface area contributed by atoms with Gasteiger partial charge < -0.3 is 9.84 Å². The number of methoxy groups -OCH3 is 1. The van der Waals surface area contributed by atoms with Gasteiger partial charge in [-0.1, -0.05) is 32.0 Å². The van der Waals surface area contributed by atoms with Crippen LogP contribution in [0.2, 0.25) is 0 Å². The lowest BCUT2D eigenvalue weighted by Crippen LogP contribution is -2.10. The quantitative estimate of drug-likeness (QED) is 0.851. The molecular weight excluding hydrogens is 204 g/mol. The molecule has 0 saturated carbocycles. The molecule has 0 saturated heterocycles. The second-order valence-electron chi connectivity index (χ2n) is 4.18. The summed E-state index contributed by atoms with van der Waals surface area (Å²) < 4.78 is 5.35. The van der Waals surface area contributed by atoms with Gasteiger partial charge in [0.1, 0.15) is 5.75 Å². The van der Waals surface area contributed by atoms with E-state index in [1.165, 1.54) is 0 Å². The Kier molecular flexibility index (Phi) is 3.93. The van der Waals surface area contributed by atoms with E-state index in [0.717, 1.165) is 11.1 Å². The Hall–Kier alpha value is -1.51. The van der Waals surface area contributed by atoms with Crippen LogP contribution < -0.4 is 4.74 Å². The predicted octanol–water partition coefficient (Wildman–Crippen LogP) is 3.01. The van der Waals surface area contributed by atoms with Crippen LogP contribution >= 0.6 is 0 Å². The Bertz CT molecular complexity index is 383. The van der Waals surface area contributed by atoms with Crippen LogP contribution in [0, 0.1) is 0 Å². The van der Waals surface area contributed by atoms with E-state index in [-0.39, 0.29) is 0 Å². The Labute approximate surface area is 96.1 Å². The minimum atomic E-state index is -0.834. The highest BCUT2D eigenvalue weighted by molar-refractivity contribution is 5.77. The van der Waals surface area contributed by atoms with Crippen LogP contribution in [-0.4, -0.2) is 18.2 Å². The van der Waals surface area contributed by atoms with Crippen LogP contribution in [0.25, 0.3) is 0 Å². The molecule has 1 N–H and O–H groups in total. The second kappa shape index (κ2) is 5.01. The number of carbonyl (C=O) groups is 1. The van der Waals surface area contributed by atoms with Crippen molar-refractivity contribution in [1.29, 1.82) is 0 Å². The number of benzene rings is 1. The molecular formula is C13H18O3. The lowest BCUT2D eigenvalue weighted by atomic mass is 9.93. The molecule has 0 bridgehead atoms. The zero-order valence-corrected chi connectivity index (χ0v) is 10.2. The number of rotatable bonds is 4. The fourth-order valence-electron chi connectivity index (χ4n) is 1.74. The Balaban J connectivity index is 3.29. The van der Waals surface area contributed by atoms with Gasteiger partial charge in [-0.3, -0.25) is 4.79 Å². The van der Waals surface area contributed by atoms with Crippen LogP contribution in [0.1, 0.15) is 43.7 Å². The topological polar surface area (TPSA) is 46.5 Å². The largest absolute Gasteiger partial charge is 0.496 e. The number of hydrogen-bond acceptors (Lipinski definition) is 2. The molecule has 3 heteroatoms. The molecule has 1 aromatic rings. The molecule has 0 radical (unpaired) electrons. The molecule has 3 nitrogen and oxygen atoms in total. The third kappa shape index (κ3) is 2.35. The summed E-state index contributed by atoms with van der Waals surface area (Å²) in [5.74, 6) is -0.365. The molecule has 0 aromatic heterocycles. The Morgan fingerprint density at radius 3 is 2.25 bits per heavy atom. The highest BCUT2D eigenvalue weighted by Crippen LogP contribution is 2.34. The van der Waals surface area contributed by atoms with Crippen molar-refractivity contribution < 1.29 is 14.6 Å². The van der Waals surface area contributed by atoms with Crippen LogP contribution in [0.3, 0.4) is 0 Å². The minimum Gasteiger partial charge on any atom is -0.496 e. The summed E-state index contributed by atoms with van der Waals surface area (Å²) in [5, 5.41) is 9.03. The van der Waals surface area contributed by atoms with Crippen molar-refractivity contribution in [2.24, 2.45) is 0 Å². The zero-order chi connectivity index (χ0) is 12.3. The van der Waals surface area contributed by atoms with Crippen molar-refractivity contribution in [2.75, 3.05) is 7.11 Å². The molecule has 0 spiro atoms. The molecule has 0 aliphatic heterocycles. The van der Waals surface area contributed by atoms with E-state index < -0.39 is 11.9 Å². The van der Waals surface area contributed by atoms with E-state index in [1.807, 2.05) is 18.2 Å². The molecule has 1 atom stereocenters. The highest BCUT2D eigenvalue weighted by Gasteiger charge is 2.20. The maximum absolute atomic E-state index is 11.0. The molecule has 1 rings (SSSR count). The van der Waals surface area contributed by atoms with E-state index in [0.29, 0.717) is 11.7 Å². The van der Waals surface area contributed by atoms with Gasteiger partial charge >= 0.3 is 5.97 Å². The average molecular weight is 222 g/mol. The smallest absolute Gasteiger partial charge is 0.310 e. The van der Waals surface area contributed by atoms with Crippen molar-refractivity contribution >= 4 is 5.97 Å². The first kappa shape index (κ1) is 12.6. The van der Waals surface area contributed by atoms with Gasteiger partial charge in [-0.05, 0) is 18.4 Å². The van der Waals surface area contributed by atoms with Crippen LogP contribution in [0.15, 0.2) is 18.2 Å². The summed E-state index contributed by atoms with van der Waals surface area (Å²) >= 11 is 0. The lowest BCUT2D eigenvalue weighted by Gasteiger charge is -2.17. The lowest BCUT2D eigenvalue weighted by molar-refractivity contribution is -0.138. The average Bonchev–Trinajstić information content (AvgIpc) is 2.26. The maximum Gasteiger partial charge on any atom is 0.310 e. The molecule has 0 amide bonds. The van der Waals surface area contributed by atoms with Gasteiger partial charge in [-0.25, -0.2) is 0 Å². The van der Waals surface area contributed by atoms with E-state index >= 15 is 0 Å². The predicted molar refractivity (Wildman–Crippen MR) is 63.1 cm³/mol. The van der Waals surface area contributed by atoms with E-state index in [1.54, 1.807) is 14.0 Å². The first-order valence-corrected chi connectivity index (χ1v) is 5.38. The van der Waals surface area contributed by atoms with Gasteiger partial charge in [0.25, 0.3) is 0 Å². The fourth-order valence-corrected chi connectivity index (χ4v) is 1.74. The summed E-state index contributed by atoms with van der Waals surface area (Å²) in [6.07, 6.45) is 0. The summed E-state index contributed by atoms with van der Waals surface area (Å²) in [4.78, 5) is 11.0. The van der Waals surface area contributed by atoms with Gasteiger partial charge in [0.15, 0.2) is 0 Å². The molecule has 88 valence electrons. The number of aliphatic carboxylic acids is 1. The van der Waals surface area contributed by atoms with Gasteiger partial charge in [0.05, 0.1) is 13.0 Å². The van der Waals surface area contributed by atoms with Gasteiger partial charge in [0.2, 0.25) is 0 Å². The van der Waals surface area contributed by atoms with Crippen molar-refractivity contribution in [3.05, 3.63) is 29.3 Å². The summed E-state index contributed by atoms with van der Waals surface area (Å²) in [6.45, 7) is 5.80. The normalized spacial score (nSPS) is 12.6. The zero-order valence-electron chi connectivity index (χ0n) is 10.2. The first-order chi connectivity index (χ1) is 7.49. The summed E-state index contributed by atoms with van der Waals surface area (Å²) in [7, 11) is 1.58. The SMILES string of the molecule is COc1c(C(C)C)cccc1C(C)C(=O)O. The highest BCUT2D eigenvalue weighted by atomic mass is 16.5. The molecule has 16 heavy (non-hydrogen) atoms. The monoisotopic (exact) mass is 222 g/mol. The van der Waals surface area contributed by atoms with E-state index in [9.17, 15) is 4.79 Å². The van der Waals surface area contributed by atoms with Crippen molar-refractivity contribution in [3.63, 3.8) is 0 Å². The minimum absolute atomic E-state index is 0.316. The molecule has 0 fully saturated rings. The summed E-state index contributed by atoms with van der Waals surface area (Å²) in [6, 6.07) is 5.66. The molecule has 0 aliphatic carbocycles. The molecule has 1 aromatic carbocycles. The molecule has 0 heterocycles. The number of ether oxygens (including phenoxy) is 1. The summed E-state index contributed by atoms with van der Waals surface area (Å²) in [5.41, 5.74) is 1.79. The standard InChI is InChI=1S/C13H18O3/c1-8(2)10-6-5-7-11(12(10)16-4)9(3)13(14)15/h5-9H,1-4H3,(H,14,15). The van der Waals surface area contributed by atoms with Crippen molar-refractivity contribution in [2.45, 2.75) is 32.6 Å². The van der Waals surface area contributed by atoms with Gasteiger partial charge in [-0.2, -0.15) is 0 Å². The third-order valence-electron chi connectivity index (χ3n) is 2.74.